The highest BCUT2D eigenvalue weighted by atomic mass is 35.5. The maximum Gasteiger partial charge on any atom is 0.243 e. The van der Waals surface area contributed by atoms with E-state index in [1.54, 1.807) is 30.5 Å². The molecule has 32 heavy (non-hydrogen) atoms. The molecule has 0 spiro atoms. The number of carbonyl (C=O) groups is 1. The van der Waals surface area contributed by atoms with Crippen LogP contribution in [0.2, 0.25) is 5.15 Å². The van der Waals surface area contributed by atoms with Crippen molar-refractivity contribution in [1.29, 1.82) is 0 Å². The normalized spacial score (nSPS) is 11.9. The second-order valence-corrected chi connectivity index (χ2v) is 9.60. The van der Waals surface area contributed by atoms with Crippen molar-refractivity contribution in [3.05, 3.63) is 53.1 Å². The standard InChI is InChI=1S/C22H28ClN5O3S/c1-4-27(5-2)32(30,31)17-8-9-19-18(13-17)26-21(28(19)6-3)11-12-22(29)25-15-16-7-10-20(23)24-14-16/h7-10,13-14H,4-6,11-12,15H2,1-3H3,(H,25,29). The molecule has 0 bridgehead atoms. The first-order valence-electron chi connectivity index (χ1n) is 10.7. The summed E-state index contributed by atoms with van der Waals surface area (Å²) >= 11 is 5.78. The van der Waals surface area contributed by atoms with E-state index in [1.807, 2.05) is 31.4 Å². The number of amides is 1. The van der Waals surface area contributed by atoms with Crippen LogP contribution in [0.4, 0.5) is 0 Å². The van der Waals surface area contributed by atoms with E-state index in [9.17, 15) is 13.2 Å². The van der Waals surface area contributed by atoms with Gasteiger partial charge in [-0.2, -0.15) is 4.31 Å². The minimum absolute atomic E-state index is 0.0977. The second-order valence-electron chi connectivity index (χ2n) is 7.28. The van der Waals surface area contributed by atoms with E-state index >= 15 is 0 Å². The molecule has 0 aliphatic rings. The maximum absolute atomic E-state index is 12.8. The van der Waals surface area contributed by atoms with Gasteiger partial charge in [-0.05, 0) is 36.8 Å². The van der Waals surface area contributed by atoms with Crippen molar-refractivity contribution in [2.75, 3.05) is 13.1 Å². The number of nitrogens with zero attached hydrogens (tertiary/aromatic N) is 4. The number of hydrogen-bond acceptors (Lipinski definition) is 5. The van der Waals surface area contributed by atoms with Gasteiger partial charge in [-0.3, -0.25) is 4.79 Å². The SMILES string of the molecule is CCN(CC)S(=O)(=O)c1ccc2c(c1)nc(CCC(=O)NCc1ccc(Cl)nc1)n2CC. The number of pyridine rings is 1. The lowest BCUT2D eigenvalue weighted by atomic mass is 10.2. The van der Waals surface area contributed by atoms with Gasteiger partial charge in [0.15, 0.2) is 0 Å². The van der Waals surface area contributed by atoms with E-state index in [1.165, 1.54) is 4.31 Å². The van der Waals surface area contributed by atoms with E-state index < -0.39 is 10.0 Å². The predicted octanol–water partition coefficient (Wildman–Crippen LogP) is 3.38. The third-order valence-electron chi connectivity index (χ3n) is 5.31. The van der Waals surface area contributed by atoms with Crippen molar-refractivity contribution < 1.29 is 13.2 Å². The number of sulfonamides is 1. The number of nitrogens with one attached hydrogen (secondary N) is 1. The molecule has 10 heteroatoms. The molecule has 1 N–H and O–H groups in total. The number of aryl methyl sites for hydroxylation is 2. The van der Waals surface area contributed by atoms with Crippen LogP contribution in [0.15, 0.2) is 41.4 Å². The van der Waals surface area contributed by atoms with Crippen molar-refractivity contribution in [1.82, 2.24) is 24.2 Å². The Bertz CT molecular complexity index is 1190. The Balaban J connectivity index is 1.73. The van der Waals surface area contributed by atoms with E-state index in [-0.39, 0.29) is 17.2 Å². The highest BCUT2D eigenvalue weighted by Crippen LogP contribution is 2.23. The largest absolute Gasteiger partial charge is 0.352 e. The number of halogens is 1. The fraction of sp³-hybridized carbons (Fsp3) is 0.409. The molecule has 0 aliphatic heterocycles. The Morgan fingerprint density at radius 2 is 1.91 bits per heavy atom. The minimum Gasteiger partial charge on any atom is -0.352 e. The number of carbonyl (C=O) groups excluding carboxylic acids is 1. The number of hydrogen-bond donors (Lipinski definition) is 1. The van der Waals surface area contributed by atoms with Crippen LogP contribution in [0.3, 0.4) is 0 Å². The summed E-state index contributed by atoms with van der Waals surface area (Å²) in [5.41, 5.74) is 2.34. The van der Waals surface area contributed by atoms with Crippen LogP contribution in [0.1, 0.15) is 38.6 Å². The lowest BCUT2D eigenvalue weighted by molar-refractivity contribution is -0.121. The third-order valence-corrected chi connectivity index (χ3v) is 7.58. The Labute approximate surface area is 193 Å². The fourth-order valence-corrected chi connectivity index (χ4v) is 5.19. The fourth-order valence-electron chi connectivity index (χ4n) is 3.60. The van der Waals surface area contributed by atoms with Gasteiger partial charge in [-0.1, -0.05) is 31.5 Å². The lowest BCUT2D eigenvalue weighted by Gasteiger charge is -2.18. The van der Waals surface area contributed by atoms with Crippen molar-refractivity contribution in [2.24, 2.45) is 0 Å². The van der Waals surface area contributed by atoms with Crippen molar-refractivity contribution in [3.8, 4) is 0 Å². The zero-order valence-electron chi connectivity index (χ0n) is 18.5. The first-order valence-corrected chi connectivity index (χ1v) is 12.5. The van der Waals surface area contributed by atoms with E-state index in [0.29, 0.717) is 43.3 Å². The van der Waals surface area contributed by atoms with Gasteiger partial charge >= 0.3 is 0 Å². The lowest BCUT2D eigenvalue weighted by Crippen LogP contribution is -2.30. The first-order chi connectivity index (χ1) is 15.3. The van der Waals surface area contributed by atoms with Crippen LogP contribution in [-0.4, -0.2) is 46.3 Å². The highest BCUT2D eigenvalue weighted by molar-refractivity contribution is 7.89. The Morgan fingerprint density at radius 1 is 1.16 bits per heavy atom. The Kier molecular flexibility index (Phi) is 7.86. The summed E-state index contributed by atoms with van der Waals surface area (Å²) in [4.78, 5) is 21.2. The summed E-state index contributed by atoms with van der Waals surface area (Å²) in [5, 5.41) is 3.28. The van der Waals surface area contributed by atoms with Crippen LogP contribution >= 0.6 is 11.6 Å². The number of imidazole rings is 1. The van der Waals surface area contributed by atoms with Gasteiger partial charge in [0.2, 0.25) is 15.9 Å². The van der Waals surface area contributed by atoms with Crippen LogP contribution in [0.25, 0.3) is 11.0 Å². The van der Waals surface area contributed by atoms with Crippen molar-refractivity contribution in [3.63, 3.8) is 0 Å². The summed E-state index contributed by atoms with van der Waals surface area (Å²) in [5.74, 6) is 0.655. The first kappa shape index (κ1) is 24.2. The predicted molar refractivity (Wildman–Crippen MR) is 125 cm³/mol. The molecule has 3 rings (SSSR count). The van der Waals surface area contributed by atoms with Crippen LogP contribution in [0.5, 0.6) is 0 Å². The van der Waals surface area contributed by atoms with Crippen LogP contribution in [-0.2, 0) is 34.3 Å². The van der Waals surface area contributed by atoms with E-state index in [0.717, 1.165) is 16.9 Å². The van der Waals surface area contributed by atoms with Crippen LogP contribution in [0, 0.1) is 0 Å². The highest BCUT2D eigenvalue weighted by Gasteiger charge is 2.23. The van der Waals surface area contributed by atoms with Gasteiger partial charge in [0.1, 0.15) is 11.0 Å². The molecular formula is C22H28ClN5O3S. The molecule has 1 amide bonds. The van der Waals surface area contributed by atoms with Gasteiger partial charge in [-0.25, -0.2) is 18.4 Å². The molecular weight excluding hydrogens is 450 g/mol. The zero-order chi connectivity index (χ0) is 23.3. The molecule has 8 nitrogen and oxygen atoms in total. The van der Waals surface area contributed by atoms with Gasteiger partial charge in [-0.15, -0.1) is 0 Å². The summed E-state index contributed by atoms with van der Waals surface area (Å²) in [6.07, 6.45) is 2.35. The van der Waals surface area contributed by atoms with Crippen LogP contribution < -0.4 is 5.32 Å². The van der Waals surface area contributed by atoms with Gasteiger partial charge < -0.3 is 9.88 Å². The average Bonchev–Trinajstić information content (AvgIpc) is 3.14. The third kappa shape index (κ3) is 5.28. The summed E-state index contributed by atoms with van der Waals surface area (Å²) in [6, 6.07) is 8.53. The molecule has 2 aromatic heterocycles. The number of fused-ring (bicyclic) bond motifs is 1. The van der Waals surface area contributed by atoms with Crippen molar-refractivity contribution in [2.45, 2.75) is 51.6 Å². The molecule has 0 saturated heterocycles. The number of rotatable bonds is 10. The van der Waals surface area contributed by atoms with Gasteiger partial charge in [0, 0.05) is 45.2 Å². The van der Waals surface area contributed by atoms with E-state index in [4.69, 9.17) is 11.6 Å². The molecule has 0 unspecified atom stereocenters. The molecule has 1 aromatic carbocycles. The molecule has 0 aliphatic carbocycles. The van der Waals surface area contributed by atoms with Crippen molar-refractivity contribution >= 4 is 38.6 Å². The van der Waals surface area contributed by atoms with E-state index in [2.05, 4.69) is 15.3 Å². The minimum atomic E-state index is -3.56. The number of aromatic nitrogens is 3. The molecule has 3 aromatic rings. The summed E-state index contributed by atoms with van der Waals surface area (Å²) in [6.45, 7) is 7.50. The topological polar surface area (TPSA) is 97.2 Å². The maximum atomic E-state index is 12.8. The summed E-state index contributed by atoms with van der Waals surface area (Å²) < 4.78 is 29.1. The Morgan fingerprint density at radius 3 is 2.53 bits per heavy atom. The molecule has 0 atom stereocenters. The Hall–Kier alpha value is -2.49. The van der Waals surface area contributed by atoms with Gasteiger partial charge in [0.25, 0.3) is 0 Å². The second kappa shape index (κ2) is 10.4. The average molecular weight is 478 g/mol. The number of benzene rings is 1. The zero-order valence-corrected chi connectivity index (χ0v) is 20.1. The molecule has 0 saturated carbocycles. The molecule has 2 heterocycles. The molecule has 172 valence electrons. The molecule has 0 fully saturated rings. The van der Waals surface area contributed by atoms with Gasteiger partial charge in [0.05, 0.1) is 15.9 Å². The quantitative estimate of drug-likeness (QED) is 0.451. The monoisotopic (exact) mass is 477 g/mol. The smallest absolute Gasteiger partial charge is 0.243 e. The summed E-state index contributed by atoms with van der Waals surface area (Å²) in [7, 11) is -3.56. The molecule has 0 radical (unpaired) electrons.